The second-order valence-electron chi connectivity index (χ2n) is 6.38. The number of nitrogens with zero attached hydrogens (tertiary/aromatic N) is 1. The molecule has 112 valence electrons. The lowest BCUT2D eigenvalue weighted by atomic mass is 10.1. The van der Waals surface area contributed by atoms with E-state index in [1.807, 2.05) is 5.38 Å². The zero-order chi connectivity index (χ0) is 15.1. The lowest BCUT2D eigenvalue weighted by Gasteiger charge is -2.25. The van der Waals surface area contributed by atoms with Crippen LogP contribution in [0.15, 0.2) is 17.5 Å². The fraction of sp³-hybridized carbons (Fsp3) is 0.529. The van der Waals surface area contributed by atoms with Crippen molar-refractivity contribution in [3.05, 3.63) is 33.5 Å². The molecule has 0 unspecified atom stereocenters. The first-order valence-electron chi connectivity index (χ1n) is 7.59. The summed E-state index contributed by atoms with van der Waals surface area (Å²) < 4.78 is 0. The Morgan fingerprint density at radius 3 is 2.86 bits per heavy atom. The first-order valence-corrected chi connectivity index (χ1v) is 8.47. The van der Waals surface area contributed by atoms with E-state index in [4.69, 9.17) is 0 Å². The molecule has 0 bridgehead atoms. The number of carbonyl (C=O) groups is 2. The van der Waals surface area contributed by atoms with Crippen molar-refractivity contribution in [1.82, 2.24) is 4.90 Å². The first kappa shape index (κ1) is 14.5. The molecule has 1 aliphatic heterocycles. The topological polar surface area (TPSA) is 37.4 Å². The number of amides is 1. The van der Waals surface area contributed by atoms with Gasteiger partial charge in [-0.1, -0.05) is 26.0 Å². The lowest BCUT2D eigenvalue weighted by molar-refractivity contribution is -0.122. The summed E-state index contributed by atoms with van der Waals surface area (Å²) in [6, 6.07) is -0.255. The van der Waals surface area contributed by atoms with Crippen LogP contribution in [0, 0.1) is 0 Å². The number of ketones is 1. The molecule has 1 aromatic rings. The summed E-state index contributed by atoms with van der Waals surface area (Å²) in [5, 5.41) is 1.97. The zero-order valence-electron chi connectivity index (χ0n) is 12.6. The Morgan fingerprint density at radius 1 is 1.38 bits per heavy atom. The third-order valence-corrected chi connectivity index (χ3v) is 5.78. The highest BCUT2D eigenvalue weighted by atomic mass is 32.1. The quantitative estimate of drug-likeness (QED) is 0.614. The van der Waals surface area contributed by atoms with Crippen molar-refractivity contribution >= 4 is 23.0 Å². The number of rotatable bonds is 2. The largest absolute Gasteiger partial charge is 0.324 e. The number of fused-ring (bicyclic) bond motifs is 1. The molecule has 0 radical (unpaired) electrons. The summed E-state index contributed by atoms with van der Waals surface area (Å²) in [5.74, 6) is 0.626. The molecule has 4 heteroatoms. The van der Waals surface area contributed by atoms with Crippen molar-refractivity contribution in [3.8, 4) is 0 Å². The van der Waals surface area contributed by atoms with Gasteiger partial charge in [-0.25, -0.2) is 0 Å². The van der Waals surface area contributed by atoms with Gasteiger partial charge < -0.3 is 4.90 Å². The van der Waals surface area contributed by atoms with E-state index in [1.165, 1.54) is 4.88 Å². The predicted octanol–water partition coefficient (Wildman–Crippen LogP) is 3.90. The summed E-state index contributed by atoms with van der Waals surface area (Å²) in [5.41, 5.74) is 2.97. The van der Waals surface area contributed by atoms with E-state index in [9.17, 15) is 9.59 Å². The zero-order valence-corrected chi connectivity index (χ0v) is 13.5. The van der Waals surface area contributed by atoms with Crippen molar-refractivity contribution in [2.45, 2.75) is 58.0 Å². The van der Waals surface area contributed by atoms with Crippen LogP contribution >= 0.6 is 11.3 Å². The molecule has 0 N–H and O–H groups in total. The van der Waals surface area contributed by atoms with Crippen molar-refractivity contribution in [2.75, 3.05) is 0 Å². The summed E-state index contributed by atoms with van der Waals surface area (Å²) >= 11 is 1.67. The Labute approximate surface area is 129 Å². The Morgan fingerprint density at radius 2 is 2.14 bits per heavy atom. The third-order valence-electron chi connectivity index (χ3n) is 4.45. The molecule has 3 rings (SSSR count). The molecule has 1 aliphatic carbocycles. The monoisotopic (exact) mass is 303 g/mol. The van der Waals surface area contributed by atoms with Crippen LogP contribution < -0.4 is 0 Å². The van der Waals surface area contributed by atoms with Crippen molar-refractivity contribution < 1.29 is 9.59 Å². The Kier molecular flexibility index (Phi) is 3.74. The Bertz CT molecular complexity index is 614. The van der Waals surface area contributed by atoms with E-state index in [1.54, 1.807) is 16.2 Å². The minimum atomic E-state index is -0.255. The minimum absolute atomic E-state index is 0.0408. The number of hydrogen-bond acceptors (Lipinski definition) is 3. The maximum absolute atomic E-state index is 12.6. The molecule has 1 aromatic heterocycles. The molecular weight excluding hydrogens is 282 g/mol. The van der Waals surface area contributed by atoms with E-state index in [2.05, 4.69) is 20.4 Å². The van der Waals surface area contributed by atoms with Crippen LogP contribution in [-0.2, 0) is 11.3 Å². The van der Waals surface area contributed by atoms with Crippen LogP contribution in [0.1, 0.15) is 66.2 Å². The van der Waals surface area contributed by atoms with Gasteiger partial charge in [0.25, 0.3) is 5.91 Å². The van der Waals surface area contributed by atoms with Crippen LogP contribution in [-0.4, -0.2) is 22.6 Å². The molecule has 2 aliphatic rings. The summed E-state index contributed by atoms with van der Waals surface area (Å²) in [7, 11) is 0. The maximum Gasteiger partial charge on any atom is 0.255 e. The molecule has 1 atom stereocenters. The van der Waals surface area contributed by atoms with E-state index < -0.39 is 0 Å². The molecule has 2 heterocycles. The van der Waals surface area contributed by atoms with Gasteiger partial charge in [-0.3, -0.25) is 9.59 Å². The van der Waals surface area contributed by atoms with Crippen LogP contribution in [0.4, 0.5) is 0 Å². The van der Waals surface area contributed by atoms with Crippen LogP contribution in [0.2, 0.25) is 0 Å². The van der Waals surface area contributed by atoms with Gasteiger partial charge in [-0.2, -0.15) is 0 Å². The van der Waals surface area contributed by atoms with E-state index >= 15 is 0 Å². The van der Waals surface area contributed by atoms with Crippen molar-refractivity contribution in [3.63, 3.8) is 0 Å². The molecule has 1 amide bonds. The van der Waals surface area contributed by atoms with Crippen LogP contribution in [0.25, 0.3) is 0 Å². The maximum atomic E-state index is 12.6. The van der Waals surface area contributed by atoms with Gasteiger partial charge >= 0.3 is 0 Å². The van der Waals surface area contributed by atoms with Crippen LogP contribution in [0.5, 0.6) is 0 Å². The normalized spacial score (nSPS) is 22.9. The number of carbonyl (C=O) groups excluding carboxylic acids is 2. The van der Waals surface area contributed by atoms with Gasteiger partial charge in [-0.05, 0) is 30.7 Å². The molecule has 1 saturated carbocycles. The van der Waals surface area contributed by atoms with Gasteiger partial charge in [0.1, 0.15) is 0 Å². The van der Waals surface area contributed by atoms with E-state index in [-0.39, 0.29) is 17.7 Å². The predicted molar refractivity (Wildman–Crippen MR) is 84.7 cm³/mol. The highest BCUT2D eigenvalue weighted by Crippen LogP contribution is 2.37. The third kappa shape index (κ3) is 2.46. The van der Waals surface area contributed by atoms with Gasteiger partial charge in [0.05, 0.1) is 11.6 Å². The van der Waals surface area contributed by atoms with Crippen molar-refractivity contribution in [1.29, 1.82) is 0 Å². The fourth-order valence-corrected chi connectivity index (χ4v) is 4.44. The molecule has 1 fully saturated rings. The number of thiophene rings is 1. The van der Waals surface area contributed by atoms with Gasteiger partial charge in [0, 0.05) is 23.2 Å². The van der Waals surface area contributed by atoms with Crippen LogP contribution in [0.3, 0.4) is 0 Å². The molecule has 0 spiro atoms. The van der Waals surface area contributed by atoms with Gasteiger partial charge in [0.15, 0.2) is 5.78 Å². The fourth-order valence-electron chi connectivity index (χ4n) is 3.36. The highest BCUT2D eigenvalue weighted by Gasteiger charge is 2.38. The molecule has 3 nitrogen and oxygen atoms in total. The second kappa shape index (κ2) is 5.41. The lowest BCUT2D eigenvalue weighted by Crippen LogP contribution is -2.40. The number of Topliss-reactive ketones (excluding diaryl/α,β-unsaturated/α-hetero) is 1. The SMILES string of the molecule is C=C1CCC[C@H](N2Cc3c(csc3C(C)C)C2=O)C(=O)C1. The average molecular weight is 303 g/mol. The standard InChI is InChI=1S/C17H21NO2S/c1-10(2)16-12-8-18(17(20)13(12)9-21-16)14-6-4-5-11(3)7-15(14)19/h9-10,14H,3-8H2,1-2H3/t14-/m0/s1. The van der Waals surface area contributed by atoms with Gasteiger partial charge in [0.2, 0.25) is 0 Å². The Balaban J connectivity index is 1.87. The minimum Gasteiger partial charge on any atom is -0.324 e. The Hall–Kier alpha value is -1.42. The van der Waals surface area contributed by atoms with Gasteiger partial charge in [-0.15, -0.1) is 11.3 Å². The molecular formula is C17H21NO2S. The number of hydrogen-bond donors (Lipinski definition) is 0. The van der Waals surface area contributed by atoms with E-state index in [0.29, 0.717) is 18.9 Å². The molecule has 0 saturated heterocycles. The average Bonchev–Trinajstić information content (AvgIpc) is 2.90. The smallest absolute Gasteiger partial charge is 0.255 e. The highest BCUT2D eigenvalue weighted by molar-refractivity contribution is 7.10. The van der Waals surface area contributed by atoms with E-state index in [0.717, 1.165) is 36.0 Å². The summed E-state index contributed by atoms with van der Waals surface area (Å²) in [4.78, 5) is 28.1. The summed E-state index contributed by atoms with van der Waals surface area (Å²) in [6.45, 7) is 8.86. The van der Waals surface area contributed by atoms with Crippen molar-refractivity contribution in [2.24, 2.45) is 0 Å². The second-order valence-corrected chi connectivity index (χ2v) is 7.29. The summed E-state index contributed by atoms with van der Waals surface area (Å²) in [6.07, 6.45) is 3.05. The number of allylic oxidation sites excluding steroid dienone is 1. The molecule has 0 aromatic carbocycles. The molecule has 21 heavy (non-hydrogen) atoms. The first-order chi connectivity index (χ1) is 9.99.